The highest BCUT2D eigenvalue weighted by atomic mass is 16.1. The van der Waals surface area contributed by atoms with Gasteiger partial charge in [-0.25, -0.2) is 4.98 Å². The molecule has 0 spiro atoms. The maximum atomic E-state index is 11.3. The van der Waals surface area contributed by atoms with E-state index in [0.717, 1.165) is 37.2 Å². The number of primary amides is 1. The molecule has 1 atom stereocenters. The van der Waals surface area contributed by atoms with Crippen LogP contribution < -0.4 is 5.73 Å². The first-order valence-corrected chi connectivity index (χ1v) is 6.08. The zero-order valence-corrected chi connectivity index (χ0v) is 9.99. The van der Waals surface area contributed by atoms with E-state index >= 15 is 0 Å². The zero-order valence-electron chi connectivity index (χ0n) is 9.99. The Morgan fingerprint density at radius 3 is 2.88 bits per heavy atom. The van der Waals surface area contributed by atoms with Crippen LogP contribution in [0.25, 0.3) is 0 Å². The Hall–Kier alpha value is -1.32. The van der Waals surface area contributed by atoms with E-state index in [1.807, 2.05) is 0 Å². The fourth-order valence-corrected chi connectivity index (χ4v) is 2.65. The van der Waals surface area contributed by atoms with E-state index in [2.05, 4.69) is 23.4 Å². The number of carbonyl (C=O) groups excluding carboxylic acids is 1. The molecule has 16 heavy (non-hydrogen) atoms. The lowest BCUT2D eigenvalue weighted by Gasteiger charge is -2.26. The Kier molecular flexibility index (Phi) is 2.99. The monoisotopic (exact) mass is 221 g/mol. The summed E-state index contributed by atoms with van der Waals surface area (Å²) in [6, 6.07) is 0.499. The van der Waals surface area contributed by atoms with Gasteiger partial charge in [-0.1, -0.05) is 13.8 Å². The van der Waals surface area contributed by atoms with Gasteiger partial charge in [-0.05, 0) is 25.7 Å². The van der Waals surface area contributed by atoms with Crippen molar-refractivity contribution in [1.82, 2.24) is 9.55 Å². The lowest BCUT2D eigenvalue weighted by Crippen LogP contribution is -2.21. The molecule has 4 nitrogen and oxygen atoms in total. The third-order valence-corrected chi connectivity index (χ3v) is 3.42. The standard InChI is InChI=1S/C12H19N3O/c1-3-8-6-5-7-9-11(12(13)16)14-10(4-2)15(8)9/h8H,3-7H2,1-2H3,(H2,13,16). The van der Waals surface area contributed by atoms with E-state index in [4.69, 9.17) is 5.73 Å². The van der Waals surface area contributed by atoms with Crippen LogP contribution in [0.15, 0.2) is 0 Å². The number of fused-ring (bicyclic) bond motifs is 1. The van der Waals surface area contributed by atoms with Crippen LogP contribution in [-0.2, 0) is 12.8 Å². The van der Waals surface area contributed by atoms with Crippen LogP contribution >= 0.6 is 0 Å². The molecule has 1 unspecified atom stereocenters. The van der Waals surface area contributed by atoms with Gasteiger partial charge < -0.3 is 10.3 Å². The fraction of sp³-hybridized carbons (Fsp3) is 0.667. The molecule has 1 aromatic heterocycles. The van der Waals surface area contributed by atoms with E-state index in [9.17, 15) is 4.79 Å². The first-order chi connectivity index (χ1) is 7.69. The summed E-state index contributed by atoms with van der Waals surface area (Å²) < 4.78 is 2.25. The predicted molar refractivity (Wildman–Crippen MR) is 62.4 cm³/mol. The highest BCUT2D eigenvalue weighted by molar-refractivity contribution is 5.92. The van der Waals surface area contributed by atoms with Crippen molar-refractivity contribution < 1.29 is 4.79 Å². The van der Waals surface area contributed by atoms with Crippen molar-refractivity contribution in [3.8, 4) is 0 Å². The average molecular weight is 221 g/mol. The van der Waals surface area contributed by atoms with Crippen molar-refractivity contribution in [2.75, 3.05) is 0 Å². The van der Waals surface area contributed by atoms with Gasteiger partial charge in [0.25, 0.3) is 5.91 Å². The summed E-state index contributed by atoms with van der Waals surface area (Å²) in [4.78, 5) is 15.7. The van der Waals surface area contributed by atoms with Gasteiger partial charge in [0.15, 0.2) is 0 Å². The number of rotatable bonds is 3. The number of nitrogens with two attached hydrogens (primary N) is 1. The van der Waals surface area contributed by atoms with Gasteiger partial charge in [-0.2, -0.15) is 0 Å². The molecule has 0 saturated carbocycles. The number of amides is 1. The second-order valence-corrected chi connectivity index (χ2v) is 4.37. The predicted octanol–water partition coefficient (Wildman–Crippen LogP) is 1.83. The van der Waals surface area contributed by atoms with Gasteiger partial charge in [0.05, 0.1) is 5.69 Å². The molecule has 88 valence electrons. The van der Waals surface area contributed by atoms with E-state index < -0.39 is 0 Å². The summed E-state index contributed by atoms with van der Waals surface area (Å²) in [5.74, 6) is 0.621. The molecule has 2 N–H and O–H groups in total. The van der Waals surface area contributed by atoms with Gasteiger partial charge in [-0.15, -0.1) is 0 Å². The van der Waals surface area contributed by atoms with Crippen LogP contribution in [0.3, 0.4) is 0 Å². The summed E-state index contributed by atoms with van der Waals surface area (Å²) >= 11 is 0. The molecule has 0 aliphatic carbocycles. The summed E-state index contributed by atoms with van der Waals surface area (Å²) in [7, 11) is 0. The zero-order chi connectivity index (χ0) is 11.7. The van der Waals surface area contributed by atoms with Gasteiger partial charge in [0.2, 0.25) is 0 Å². The van der Waals surface area contributed by atoms with Gasteiger partial charge in [-0.3, -0.25) is 4.79 Å². The van der Waals surface area contributed by atoms with Crippen molar-refractivity contribution in [1.29, 1.82) is 0 Å². The first kappa shape index (κ1) is 11.2. The minimum Gasteiger partial charge on any atom is -0.364 e. The van der Waals surface area contributed by atoms with E-state index in [1.54, 1.807) is 0 Å². The average Bonchev–Trinajstić information content (AvgIpc) is 2.67. The fourth-order valence-electron chi connectivity index (χ4n) is 2.65. The maximum Gasteiger partial charge on any atom is 0.269 e. The van der Waals surface area contributed by atoms with Crippen molar-refractivity contribution in [2.45, 2.75) is 52.0 Å². The summed E-state index contributed by atoms with van der Waals surface area (Å²) in [5.41, 5.74) is 6.93. The lowest BCUT2D eigenvalue weighted by molar-refractivity contribution is 0.0994. The van der Waals surface area contributed by atoms with Gasteiger partial charge >= 0.3 is 0 Å². The third-order valence-electron chi connectivity index (χ3n) is 3.42. The van der Waals surface area contributed by atoms with Crippen LogP contribution in [0.5, 0.6) is 0 Å². The quantitative estimate of drug-likeness (QED) is 0.846. The van der Waals surface area contributed by atoms with Crippen LogP contribution in [0.2, 0.25) is 0 Å². The minimum absolute atomic E-state index is 0.389. The van der Waals surface area contributed by atoms with Gasteiger partial charge in [0.1, 0.15) is 11.5 Å². The Bertz CT molecular complexity index is 409. The second kappa shape index (κ2) is 4.28. The Balaban J connectivity index is 2.54. The third kappa shape index (κ3) is 1.62. The molecule has 0 aromatic carbocycles. The Morgan fingerprint density at radius 2 is 2.31 bits per heavy atom. The number of nitrogens with zero attached hydrogens (tertiary/aromatic N) is 2. The number of hydrogen-bond donors (Lipinski definition) is 1. The molecule has 0 radical (unpaired) electrons. The normalized spacial score (nSPS) is 19.5. The van der Waals surface area contributed by atoms with Gasteiger partial charge in [0, 0.05) is 12.5 Å². The highest BCUT2D eigenvalue weighted by Crippen LogP contribution is 2.31. The van der Waals surface area contributed by atoms with E-state index in [0.29, 0.717) is 11.7 Å². The summed E-state index contributed by atoms with van der Waals surface area (Å²) in [6.45, 7) is 4.25. The highest BCUT2D eigenvalue weighted by Gasteiger charge is 2.26. The molecular weight excluding hydrogens is 202 g/mol. The summed E-state index contributed by atoms with van der Waals surface area (Å²) in [5, 5.41) is 0. The number of hydrogen-bond acceptors (Lipinski definition) is 2. The Labute approximate surface area is 95.9 Å². The van der Waals surface area contributed by atoms with Crippen molar-refractivity contribution in [3.63, 3.8) is 0 Å². The smallest absolute Gasteiger partial charge is 0.269 e. The molecular formula is C12H19N3O. The molecule has 1 aromatic rings. The lowest BCUT2D eigenvalue weighted by atomic mass is 9.99. The van der Waals surface area contributed by atoms with Crippen LogP contribution in [0, 0.1) is 0 Å². The minimum atomic E-state index is -0.389. The molecule has 0 saturated heterocycles. The largest absolute Gasteiger partial charge is 0.364 e. The molecule has 0 fully saturated rings. The molecule has 2 rings (SSSR count). The van der Waals surface area contributed by atoms with E-state index in [1.165, 1.54) is 6.42 Å². The van der Waals surface area contributed by atoms with Crippen LogP contribution in [0.1, 0.15) is 61.2 Å². The van der Waals surface area contributed by atoms with Crippen molar-refractivity contribution >= 4 is 5.91 Å². The second-order valence-electron chi connectivity index (χ2n) is 4.37. The number of aromatic nitrogens is 2. The molecule has 1 amide bonds. The molecule has 1 aliphatic rings. The Morgan fingerprint density at radius 1 is 1.56 bits per heavy atom. The topological polar surface area (TPSA) is 60.9 Å². The number of imidazole rings is 1. The molecule has 4 heteroatoms. The molecule has 1 aliphatic heterocycles. The van der Waals surface area contributed by atoms with Crippen LogP contribution in [-0.4, -0.2) is 15.5 Å². The molecule has 2 heterocycles. The summed E-state index contributed by atoms with van der Waals surface area (Å²) in [6.07, 6.45) is 5.20. The molecule has 0 bridgehead atoms. The van der Waals surface area contributed by atoms with Crippen molar-refractivity contribution in [2.24, 2.45) is 5.73 Å². The number of aryl methyl sites for hydroxylation is 1. The van der Waals surface area contributed by atoms with Crippen LogP contribution in [0.4, 0.5) is 0 Å². The first-order valence-electron chi connectivity index (χ1n) is 6.08. The number of carbonyl (C=O) groups is 1. The van der Waals surface area contributed by atoms with Crippen molar-refractivity contribution in [3.05, 3.63) is 17.2 Å². The SMILES string of the molecule is CCc1nc(C(N)=O)c2n1C(CC)CCC2. The maximum absolute atomic E-state index is 11.3. The van der Waals surface area contributed by atoms with E-state index in [-0.39, 0.29) is 5.91 Å².